The SMILES string of the molecule is CCOC(=O)CNC(=O)NCc1ccnc(C)n1. The van der Waals surface area contributed by atoms with Crippen molar-refractivity contribution in [2.45, 2.75) is 20.4 Å². The number of aryl methyl sites for hydroxylation is 1. The van der Waals surface area contributed by atoms with Gasteiger partial charge in [-0.3, -0.25) is 4.79 Å². The van der Waals surface area contributed by atoms with Crippen molar-refractivity contribution in [2.24, 2.45) is 0 Å². The van der Waals surface area contributed by atoms with Gasteiger partial charge in [0.2, 0.25) is 0 Å². The lowest BCUT2D eigenvalue weighted by atomic mass is 10.4. The van der Waals surface area contributed by atoms with Crippen LogP contribution in [0.1, 0.15) is 18.4 Å². The van der Waals surface area contributed by atoms with Gasteiger partial charge in [-0.15, -0.1) is 0 Å². The molecule has 0 radical (unpaired) electrons. The third-order valence-electron chi connectivity index (χ3n) is 1.96. The summed E-state index contributed by atoms with van der Waals surface area (Å²) in [6.45, 7) is 3.89. The van der Waals surface area contributed by atoms with Gasteiger partial charge in [-0.05, 0) is 19.9 Å². The molecule has 0 unspecified atom stereocenters. The zero-order valence-electron chi connectivity index (χ0n) is 10.4. The summed E-state index contributed by atoms with van der Waals surface area (Å²) in [7, 11) is 0. The molecule has 0 aromatic carbocycles. The van der Waals surface area contributed by atoms with Crippen molar-refractivity contribution in [3.05, 3.63) is 23.8 Å². The van der Waals surface area contributed by atoms with E-state index in [9.17, 15) is 9.59 Å². The van der Waals surface area contributed by atoms with E-state index in [-0.39, 0.29) is 13.1 Å². The molecular weight excluding hydrogens is 236 g/mol. The second-order valence-corrected chi connectivity index (χ2v) is 3.44. The Hall–Kier alpha value is -2.18. The zero-order chi connectivity index (χ0) is 13.4. The molecule has 0 saturated heterocycles. The molecule has 7 heteroatoms. The lowest BCUT2D eigenvalue weighted by molar-refractivity contribution is -0.141. The Morgan fingerprint density at radius 3 is 2.83 bits per heavy atom. The Bertz CT molecular complexity index is 423. The average molecular weight is 252 g/mol. The molecule has 2 amide bonds. The van der Waals surface area contributed by atoms with Crippen LogP contribution >= 0.6 is 0 Å². The molecule has 0 aliphatic carbocycles. The number of urea groups is 1. The molecule has 2 N–H and O–H groups in total. The molecule has 1 heterocycles. The van der Waals surface area contributed by atoms with Crippen LogP contribution in [0.5, 0.6) is 0 Å². The number of ether oxygens (including phenoxy) is 1. The van der Waals surface area contributed by atoms with Crippen molar-refractivity contribution >= 4 is 12.0 Å². The summed E-state index contributed by atoms with van der Waals surface area (Å²) in [6.07, 6.45) is 1.62. The van der Waals surface area contributed by atoms with Crippen LogP contribution in [-0.2, 0) is 16.1 Å². The fourth-order valence-electron chi connectivity index (χ4n) is 1.20. The minimum atomic E-state index is -0.467. The minimum absolute atomic E-state index is 0.150. The van der Waals surface area contributed by atoms with Crippen LogP contribution in [0.15, 0.2) is 12.3 Å². The largest absolute Gasteiger partial charge is 0.465 e. The first-order valence-corrected chi connectivity index (χ1v) is 5.57. The van der Waals surface area contributed by atoms with Crippen molar-refractivity contribution in [3.8, 4) is 0 Å². The highest BCUT2D eigenvalue weighted by atomic mass is 16.5. The molecule has 1 aromatic heterocycles. The Balaban J connectivity index is 2.27. The van der Waals surface area contributed by atoms with Crippen LogP contribution in [-0.4, -0.2) is 35.1 Å². The van der Waals surface area contributed by atoms with Gasteiger partial charge in [0.15, 0.2) is 0 Å². The molecule has 1 rings (SSSR count). The summed E-state index contributed by atoms with van der Waals surface area (Å²) in [5.41, 5.74) is 0.703. The van der Waals surface area contributed by atoms with Crippen LogP contribution in [0.3, 0.4) is 0 Å². The fraction of sp³-hybridized carbons (Fsp3) is 0.455. The monoisotopic (exact) mass is 252 g/mol. The predicted octanol–water partition coefficient (Wildman–Crippen LogP) is 0.147. The Morgan fingerprint density at radius 2 is 2.17 bits per heavy atom. The number of amides is 2. The van der Waals surface area contributed by atoms with Crippen LogP contribution in [0.2, 0.25) is 0 Å². The minimum Gasteiger partial charge on any atom is -0.465 e. The Morgan fingerprint density at radius 1 is 1.39 bits per heavy atom. The van der Waals surface area contributed by atoms with Gasteiger partial charge in [-0.25, -0.2) is 14.8 Å². The highest BCUT2D eigenvalue weighted by Crippen LogP contribution is 1.93. The van der Waals surface area contributed by atoms with Crippen LogP contribution in [0.4, 0.5) is 4.79 Å². The number of esters is 1. The number of hydrogen-bond acceptors (Lipinski definition) is 5. The van der Waals surface area contributed by atoms with Crippen molar-refractivity contribution in [1.82, 2.24) is 20.6 Å². The third-order valence-corrected chi connectivity index (χ3v) is 1.96. The number of nitrogens with zero attached hydrogens (tertiary/aromatic N) is 2. The van der Waals surface area contributed by atoms with Crippen molar-refractivity contribution in [1.29, 1.82) is 0 Å². The molecule has 0 bridgehead atoms. The number of hydrogen-bond donors (Lipinski definition) is 2. The maximum atomic E-state index is 11.3. The second kappa shape index (κ2) is 7.21. The van der Waals surface area contributed by atoms with Gasteiger partial charge in [-0.2, -0.15) is 0 Å². The molecule has 18 heavy (non-hydrogen) atoms. The van der Waals surface area contributed by atoms with E-state index in [2.05, 4.69) is 25.3 Å². The van der Waals surface area contributed by atoms with E-state index >= 15 is 0 Å². The third kappa shape index (κ3) is 5.24. The number of carbonyl (C=O) groups is 2. The summed E-state index contributed by atoms with van der Waals surface area (Å²) in [5.74, 6) is 0.173. The van der Waals surface area contributed by atoms with Gasteiger partial charge in [0, 0.05) is 6.20 Å². The van der Waals surface area contributed by atoms with Crippen LogP contribution in [0, 0.1) is 6.92 Å². The van der Waals surface area contributed by atoms with Gasteiger partial charge in [0.1, 0.15) is 12.4 Å². The summed E-state index contributed by atoms with van der Waals surface area (Å²) in [4.78, 5) is 30.4. The number of carbonyl (C=O) groups excluding carboxylic acids is 2. The molecule has 0 aliphatic heterocycles. The average Bonchev–Trinajstić information content (AvgIpc) is 2.34. The summed E-state index contributed by atoms with van der Waals surface area (Å²) in [5, 5.41) is 4.96. The normalized spacial score (nSPS) is 9.67. The zero-order valence-corrected chi connectivity index (χ0v) is 10.4. The van der Waals surface area contributed by atoms with Gasteiger partial charge >= 0.3 is 12.0 Å². The van der Waals surface area contributed by atoms with Crippen molar-refractivity contribution < 1.29 is 14.3 Å². The topological polar surface area (TPSA) is 93.2 Å². The molecule has 98 valence electrons. The fourth-order valence-corrected chi connectivity index (χ4v) is 1.20. The predicted molar refractivity (Wildman–Crippen MR) is 63.6 cm³/mol. The van der Waals surface area contributed by atoms with E-state index in [1.807, 2.05) is 0 Å². The van der Waals surface area contributed by atoms with Gasteiger partial charge < -0.3 is 15.4 Å². The Kier molecular flexibility index (Phi) is 5.56. The van der Waals surface area contributed by atoms with Crippen LogP contribution < -0.4 is 10.6 Å². The molecule has 0 spiro atoms. The summed E-state index contributed by atoms with van der Waals surface area (Å²) < 4.78 is 4.67. The maximum absolute atomic E-state index is 11.3. The highest BCUT2D eigenvalue weighted by molar-refractivity contribution is 5.80. The molecule has 0 fully saturated rings. The van der Waals surface area contributed by atoms with Gasteiger partial charge in [0.25, 0.3) is 0 Å². The van der Waals surface area contributed by atoms with Gasteiger partial charge in [-0.1, -0.05) is 0 Å². The van der Waals surface area contributed by atoms with E-state index in [0.717, 1.165) is 0 Å². The summed E-state index contributed by atoms with van der Waals surface area (Å²) >= 11 is 0. The van der Waals surface area contributed by atoms with E-state index in [0.29, 0.717) is 18.1 Å². The van der Waals surface area contributed by atoms with Crippen molar-refractivity contribution in [2.75, 3.05) is 13.2 Å². The molecule has 0 saturated carbocycles. The van der Waals surface area contributed by atoms with E-state index in [4.69, 9.17) is 0 Å². The lowest BCUT2D eigenvalue weighted by Crippen LogP contribution is -2.38. The van der Waals surface area contributed by atoms with Crippen LogP contribution in [0.25, 0.3) is 0 Å². The van der Waals surface area contributed by atoms with Crippen molar-refractivity contribution in [3.63, 3.8) is 0 Å². The first-order valence-electron chi connectivity index (χ1n) is 5.57. The standard InChI is InChI=1S/C11H16N4O3/c1-3-18-10(16)7-14-11(17)13-6-9-4-5-12-8(2)15-9/h4-5H,3,6-7H2,1-2H3,(H2,13,14,17). The second-order valence-electron chi connectivity index (χ2n) is 3.44. The first kappa shape index (κ1) is 13.9. The molecule has 0 atom stereocenters. The lowest BCUT2D eigenvalue weighted by Gasteiger charge is -2.07. The smallest absolute Gasteiger partial charge is 0.325 e. The summed E-state index contributed by atoms with van der Waals surface area (Å²) in [6, 6.07) is 1.26. The van der Waals surface area contributed by atoms with E-state index < -0.39 is 12.0 Å². The molecule has 7 nitrogen and oxygen atoms in total. The van der Waals surface area contributed by atoms with E-state index in [1.165, 1.54) is 0 Å². The first-order chi connectivity index (χ1) is 8.61. The van der Waals surface area contributed by atoms with E-state index in [1.54, 1.807) is 26.1 Å². The quantitative estimate of drug-likeness (QED) is 0.727. The maximum Gasteiger partial charge on any atom is 0.325 e. The van der Waals surface area contributed by atoms with Gasteiger partial charge in [0.05, 0.1) is 18.8 Å². The number of nitrogens with one attached hydrogen (secondary N) is 2. The number of aromatic nitrogens is 2. The molecule has 0 aliphatic rings. The Labute approximate surface area is 105 Å². The molecular formula is C11H16N4O3. The molecule has 1 aromatic rings. The number of rotatable bonds is 5. The highest BCUT2D eigenvalue weighted by Gasteiger charge is 2.05.